The smallest absolute Gasteiger partial charge is 0.311 e. The lowest BCUT2D eigenvalue weighted by Crippen LogP contribution is -2.11. The highest BCUT2D eigenvalue weighted by atomic mass is 35.5. The Labute approximate surface area is 181 Å². The first-order valence-corrected chi connectivity index (χ1v) is 11.5. The first-order chi connectivity index (χ1) is 14.0. The molecule has 1 aromatic carbocycles. The Hall–Kier alpha value is -1.55. The fourth-order valence-corrected chi connectivity index (χ4v) is 3.35. The molecule has 1 aromatic rings. The number of hydrogen-bond acceptors (Lipinski definition) is 4. The van der Waals surface area contributed by atoms with E-state index in [4.69, 9.17) is 21.1 Å². The number of halogens is 1. The zero-order valence-electron chi connectivity index (χ0n) is 18.1. The van der Waals surface area contributed by atoms with E-state index < -0.39 is 0 Å². The second-order valence-electron chi connectivity index (χ2n) is 7.64. The van der Waals surface area contributed by atoms with Crippen LogP contribution in [0.3, 0.4) is 0 Å². The van der Waals surface area contributed by atoms with Gasteiger partial charge >= 0.3 is 11.9 Å². The van der Waals surface area contributed by atoms with Crippen molar-refractivity contribution in [1.82, 2.24) is 0 Å². The van der Waals surface area contributed by atoms with E-state index in [1.54, 1.807) is 18.2 Å². The molecule has 0 bridgehead atoms. The third-order valence-electron chi connectivity index (χ3n) is 4.88. The van der Waals surface area contributed by atoms with Crippen molar-refractivity contribution in [2.75, 3.05) is 6.61 Å². The van der Waals surface area contributed by atoms with Gasteiger partial charge in [-0.1, -0.05) is 76.3 Å². The van der Waals surface area contributed by atoms with Crippen LogP contribution in [-0.2, 0) is 14.3 Å². The van der Waals surface area contributed by atoms with E-state index in [0.717, 1.165) is 18.4 Å². The molecule has 0 amide bonds. The molecule has 0 unspecified atom stereocenters. The van der Waals surface area contributed by atoms with Crippen LogP contribution < -0.4 is 4.74 Å². The second-order valence-corrected chi connectivity index (χ2v) is 8.08. The van der Waals surface area contributed by atoms with Gasteiger partial charge in [-0.2, -0.15) is 0 Å². The van der Waals surface area contributed by atoms with Crippen LogP contribution in [0.25, 0.3) is 0 Å². The van der Waals surface area contributed by atoms with E-state index in [1.165, 1.54) is 51.4 Å². The molecule has 0 heterocycles. The van der Waals surface area contributed by atoms with E-state index in [1.807, 2.05) is 6.92 Å². The summed E-state index contributed by atoms with van der Waals surface area (Å²) in [4.78, 5) is 23.6. The standard InChI is InChI=1S/C24H37ClO4/c1-3-4-5-6-7-8-9-10-11-12-18-28-23(26)14-13-15-24(27)29-22-17-16-21(25)19-20(22)2/h16-17,19H,3-15,18H2,1-2H3. The van der Waals surface area contributed by atoms with Gasteiger partial charge in [0.05, 0.1) is 6.61 Å². The van der Waals surface area contributed by atoms with Crippen LogP contribution in [-0.4, -0.2) is 18.5 Å². The Kier molecular flexibility index (Phi) is 14.3. The Morgan fingerprint density at radius 3 is 2.03 bits per heavy atom. The minimum Gasteiger partial charge on any atom is -0.466 e. The van der Waals surface area contributed by atoms with Gasteiger partial charge in [-0.25, -0.2) is 0 Å². The van der Waals surface area contributed by atoms with Gasteiger partial charge in [-0.15, -0.1) is 0 Å². The summed E-state index contributed by atoms with van der Waals surface area (Å²) in [5.74, 6) is -0.0859. The number of carbonyl (C=O) groups is 2. The van der Waals surface area contributed by atoms with Gasteiger partial charge in [0, 0.05) is 17.9 Å². The number of hydrogen-bond donors (Lipinski definition) is 0. The zero-order valence-corrected chi connectivity index (χ0v) is 18.9. The fourth-order valence-electron chi connectivity index (χ4n) is 3.13. The molecule has 164 valence electrons. The summed E-state index contributed by atoms with van der Waals surface area (Å²) in [5, 5.41) is 0.604. The number of aryl methyl sites for hydroxylation is 1. The molecule has 0 aliphatic heterocycles. The molecule has 0 aromatic heterocycles. The molecule has 0 aliphatic rings. The van der Waals surface area contributed by atoms with Crippen molar-refractivity contribution < 1.29 is 19.1 Å². The predicted molar refractivity (Wildman–Crippen MR) is 118 cm³/mol. The second kappa shape index (κ2) is 16.3. The van der Waals surface area contributed by atoms with Crippen LogP contribution in [0, 0.1) is 6.92 Å². The maximum atomic E-state index is 11.9. The van der Waals surface area contributed by atoms with Crippen molar-refractivity contribution in [2.24, 2.45) is 0 Å². The average Bonchev–Trinajstić information content (AvgIpc) is 2.68. The summed E-state index contributed by atoms with van der Waals surface area (Å²) >= 11 is 5.88. The van der Waals surface area contributed by atoms with Crippen LogP contribution >= 0.6 is 11.6 Å². The van der Waals surface area contributed by atoms with E-state index in [0.29, 0.717) is 23.8 Å². The minimum absolute atomic E-state index is 0.190. The summed E-state index contributed by atoms with van der Waals surface area (Å²) in [6.45, 7) is 4.55. The van der Waals surface area contributed by atoms with Gasteiger partial charge in [0.15, 0.2) is 0 Å². The molecule has 0 saturated heterocycles. The highest BCUT2D eigenvalue weighted by molar-refractivity contribution is 6.30. The lowest BCUT2D eigenvalue weighted by molar-refractivity contribution is -0.144. The molecule has 0 atom stereocenters. The number of rotatable bonds is 16. The average molecular weight is 425 g/mol. The normalized spacial score (nSPS) is 10.7. The predicted octanol–water partition coefficient (Wildman–Crippen LogP) is 7.19. The van der Waals surface area contributed by atoms with Crippen LogP contribution in [0.1, 0.15) is 96.0 Å². The topological polar surface area (TPSA) is 52.6 Å². The molecule has 0 spiro atoms. The molecule has 0 N–H and O–H groups in total. The number of benzene rings is 1. The lowest BCUT2D eigenvalue weighted by Gasteiger charge is -2.08. The largest absolute Gasteiger partial charge is 0.466 e. The first kappa shape index (κ1) is 25.5. The fraction of sp³-hybridized carbons (Fsp3) is 0.667. The van der Waals surface area contributed by atoms with E-state index in [2.05, 4.69) is 6.92 Å². The van der Waals surface area contributed by atoms with Crippen molar-refractivity contribution in [3.63, 3.8) is 0 Å². The van der Waals surface area contributed by atoms with Crippen LogP contribution in [0.4, 0.5) is 0 Å². The lowest BCUT2D eigenvalue weighted by atomic mass is 10.1. The van der Waals surface area contributed by atoms with Crippen LogP contribution in [0.15, 0.2) is 18.2 Å². The molecule has 0 radical (unpaired) electrons. The minimum atomic E-state index is -0.349. The summed E-state index contributed by atoms with van der Waals surface area (Å²) in [6.07, 6.45) is 13.4. The molecule has 0 saturated carbocycles. The summed E-state index contributed by atoms with van der Waals surface area (Å²) in [5.41, 5.74) is 0.807. The quantitative estimate of drug-likeness (QED) is 0.160. The van der Waals surface area contributed by atoms with Crippen molar-refractivity contribution in [2.45, 2.75) is 97.3 Å². The van der Waals surface area contributed by atoms with Crippen molar-refractivity contribution >= 4 is 23.5 Å². The van der Waals surface area contributed by atoms with Gasteiger partial charge in [0.1, 0.15) is 5.75 Å². The molecular formula is C24H37ClO4. The molecular weight excluding hydrogens is 388 g/mol. The Morgan fingerprint density at radius 2 is 1.41 bits per heavy atom. The summed E-state index contributed by atoms with van der Waals surface area (Å²) in [6, 6.07) is 5.10. The number of ether oxygens (including phenoxy) is 2. The third kappa shape index (κ3) is 13.3. The van der Waals surface area contributed by atoms with E-state index in [9.17, 15) is 9.59 Å². The SMILES string of the molecule is CCCCCCCCCCCCOC(=O)CCCC(=O)Oc1ccc(Cl)cc1C. The maximum Gasteiger partial charge on any atom is 0.311 e. The number of unbranched alkanes of at least 4 members (excludes halogenated alkanes) is 9. The molecule has 5 heteroatoms. The molecule has 4 nitrogen and oxygen atoms in total. The number of carbonyl (C=O) groups excluding carboxylic acids is 2. The van der Waals surface area contributed by atoms with Gasteiger partial charge < -0.3 is 9.47 Å². The molecule has 0 fully saturated rings. The Bertz CT molecular complexity index is 601. The number of esters is 2. The Morgan fingerprint density at radius 1 is 0.828 bits per heavy atom. The first-order valence-electron chi connectivity index (χ1n) is 11.2. The Balaban J connectivity index is 1.96. The highest BCUT2D eigenvalue weighted by Crippen LogP contribution is 2.22. The van der Waals surface area contributed by atoms with Crippen LogP contribution in [0.2, 0.25) is 5.02 Å². The zero-order chi connectivity index (χ0) is 21.3. The maximum absolute atomic E-state index is 11.9. The van der Waals surface area contributed by atoms with Crippen molar-refractivity contribution in [1.29, 1.82) is 0 Å². The monoisotopic (exact) mass is 424 g/mol. The molecule has 0 aliphatic carbocycles. The third-order valence-corrected chi connectivity index (χ3v) is 5.12. The highest BCUT2D eigenvalue weighted by Gasteiger charge is 2.10. The van der Waals surface area contributed by atoms with E-state index >= 15 is 0 Å². The van der Waals surface area contributed by atoms with Gasteiger partial charge in [-0.05, 0) is 43.5 Å². The van der Waals surface area contributed by atoms with E-state index in [-0.39, 0.29) is 24.8 Å². The summed E-state index contributed by atoms with van der Waals surface area (Å²) in [7, 11) is 0. The van der Waals surface area contributed by atoms with Gasteiger partial charge in [-0.3, -0.25) is 9.59 Å². The van der Waals surface area contributed by atoms with Gasteiger partial charge in [0.25, 0.3) is 0 Å². The molecule has 1 rings (SSSR count). The summed E-state index contributed by atoms with van der Waals surface area (Å²) < 4.78 is 10.5. The van der Waals surface area contributed by atoms with Crippen LogP contribution in [0.5, 0.6) is 5.75 Å². The van der Waals surface area contributed by atoms with Crippen molar-refractivity contribution in [3.05, 3.63) is 28.8 Å². The van der Waals surface area contributed by atoms with Gasteiger partial charge in [0.2, 0.25) is 0 Å². The molecule has 29 heavy (non-hydrogen) atoms. The van der Waals surface area contributed by atoms with Crippen molar-refractivity contribution in [3.8, 4) is 5.75 Å².